The van der Waals surface area contributed by atoms with Crippen LogP contribution < -0.4 is 20.1 Å². The van der Waals surface area contributed by atoms with Crippen molar-refractivity contribution in [2.24, 2.45) is 0 Å². The normalized spacial score (nSPS) is 18.4. The molecule has 0 saturated carbocycles. The molecule has 0 fully saturated rings. The van der Waals surface area contributed by atoms with E-state index in [0.29, 0.717) is 76.8 Å². The van der Waals surface area contributed by atoms with Crippen molar-refractivity contribution in [3.8, 4) is 21.9 Å². The van der Waals surface area contributed by atoms with Gasteiger partial charge >= 0.3 is 0 Å². The third-order valence-corrected chi connectivity index (χ3v) is 8.42. The van der Waals surface area contributed by atoms with Crippen LogP contribution in [-0.2, 0) is 25.5 Å². The Labute approximate surface area is 263 Å². The lowest BCUT2D eigenvalue weighted by atomic mass is 10.1. The number of hydrogen-bond donors (Lipinski definition) is 2. The first-order valence-corrected chi connectivity index (χ1v) is 15.9. The number of anilines is 1. The lowest BCUT2D eigenvalue weighted by Gasteiger charge is -2.17. The van der Waals surface area contributed by atoms with Gasteiger partial charge in [0.15, 0.2) is 11.5 Å². The summed E-state index contributed by atoms with van der Waals surface area (Å²) in [7, 11) is 1.63. The number of thiophene rings is 1. The minimum Gasteiger partial charge on any atom is -0.493 e. The van der Waals surface area contributed by atoms with Crippen LogP contribution in [0.15, 0.2) is 48.5 Å². The molecule has 5 rings (SSSR count). The van der Waals surface area contributed by atoms with E-state index in [1.54, 1.807) is 18.4 Å². The van der Waals surface area contributed by atoms with Crippen LogP contribution in [0.5, 0.6) is 11.5 Å². The topological polar surface area (TPSA) is 105 Å². The van der Waals surface area contributed by atoms with Crippen molar-refractivity contribution in [2.45, 2.75) is 26.4 Å². The second-order valence-electron chi connectivity index (χ2n) is 10.3. The Morgan fingerprint density at radius 3 is 2.30 bits per heavy atom. The van der Waals surface area contributed by atoms with Crippen molar-refractivity contribution in [3.05, 3.63) is 64.8 Å². The van der Waals surface area contributed by atoms with E-state index in [4.69, 9.17) is 33.4 Å². The number of hydrogen-bond acceptors (Lipinski definition) is 11. The number of benzene rings is 2. The molecule has 0 amide bonds. The second-order valence-corrected chi connectivity index (χ2v) is 11.5. The first-order valence-electron chi connectivity index (χ1n) is 15.1. The standard InChI is InChI=1S/C33H42N4O6S/c1-23-31-8-9-32(44-31)26-7-5-4-6-25(26)22-34-10-11-39-12-13-40-14-15-41-16-17-42-18-19-43-30-20-27-28(21-29(30)38-3)36-24(2)37-33(27)35-23/h4-9,20-21,23,34H,10-19,22H2,1-3H3,(H,35,36,37)/t23-/m0/s1. The molecule has 2 aromatic heterocycles. The van der Waals surface area contributed by atoms with Gasteiger partial charge in [0.1, 0.15) is 18.2 Å². The number of ether oxygens (including phenoxy) is 6. The number of aryl methyl sites for hydroxylation is 1. The fourth-order valence-corrected chi connectivity index (χ4v) is 5.97. The van der Waals surface area contributed by atoms with Crippen LogP contribution in [0.4, 0.5) is 5.82 Å². The maximum Gasteiger partial charge on any atom is 0.162 e. The molecule has 0 saturated heterocycles. The molecule has 0 spiro atoms. The fourth-order valence-electron chi connectivity index (χ4n) is 4.90. The first kappa shape index (κ1) is 32.1. The van der Waals surface area contributed by atoms with Crippen LogP contribution in [0.1, 0.15) is 29.2 Å². The number of nitrogens with zero attached hydrogens (tertiary/aromatic N) is 2. The summed E-state index contributed by atoms with van der Waals surface area (Å²) < 4.78 is 34.3. The van der Waals surface area contributed by atoms with Crippen molar-refractivity contribution in [1.29, 1.82) is 0 Å². The summed E-state index contributed by atoms with van der Waals surface area (Å²) in [6.45, 7) is 10.1. The maximum atomic E-state index is 6.07. The Morgan fingerprint density at radius 1 is 0.841 bits per heavy atom. The summed E-state index contributed by atoms with van der Waals surface area (Å²) >= 11 is 1.78. The Bertz CT molecular complexity index is 1480. The van der Waals surface area contributed by atoms with E-state index in [1.807, 2.05) is 19.1 Å². The van der Waals surface area contributed by atoms with Gasteiger partial charge in [0, 0.05) is 34.3 Å². The summed E-state index contributed by atoms with van der Waals surface area (Å²) in [6.07, 6.45) is 0. The molecule has 0 unspecified atom stereocenters. The van der Waals surface area contributed by atoms with Gasteiger partial charge in [0.25, 0.3) is 0 Å². The summed E-state index contributed by atoms with van der Waals surface area (Å²) in [5.74, 6) is 2.65. The molecule has 10 nitrogen and oxygen atoms in total. The van der Waals surface area contributed by atoms with Crippen molar-refractivity contribution in [2.75, 3.05) is 78.4 Å². The number of rotatable bonds is 1. The van der Waals surface area contributed by atoms with Gasteiger partial charge in [-0.3, -0.25) is 0 Å². The lowest BCUT2D eigenvalue weighted by molar-refractivity contribution is -0.00433. The van der Waals surface area contributed by atoms with Crippen LogP contribution in [0.3, 0.4) is 0 Å². The van der Waals surface area contributed by atoms with Crippen molar-refractivity contribution < 1.29 is 28.4 Å². The maximum absolute atomic E-state index is 6.07. The molecule has 44 heavy (non-hydrogen) atoms. The molecule has 2 N–H and O–H groups in total. The van der Waals surface area contributed by atoms with Crippen LogP contribution in [0.25, 0.3) is 21.3 Å². The van der Waals surface area contributed by atoms with Gasteiger partial charge in [-0.05, 0) is 43.2 Å². The predicted molar refractivity (Wildman–Crippen MR) is 173 cm³/mol. The molecule has 0 radical (unpaired) electrons. The SMILES string of the molecule is COc1cc2nc(C)nc3c2cc1OCCOCCOCCOCCOCCNCc1ccccc1-c1ccc(s1)[C@H](C)N3. The molecular formula is C33H42N4O6S. The molecule has 0 aliphatic carbocycles. The van der Waals surface area contributed by atoms with Crippen molar-refractivity contribution in [1.82, 2.24) is 15.3 Å². The van der Waals surface area contributed by atoms with Crippen LogP contribution in [0.2, 0.25) is 0 Å². The molecule has 236 valence electrons. The molecule has 1 atom stereocenters. The molecule has 1 aliphatic rings. The zero-order chi connectivity index (χ0) is 30.6. The van der Waals surface area contributed by atoms with Gasteiger partial charge < -0.3 is 39.1 Å². The second kappa shape index (κ2) is 16.7. The molecule has 11 heteroatoms. The van der Waals surface area contributed by atoms with Gasteiger partial charge in [-0.25, -0.2) is 9.97 Å². The number of aromatic nitrogens is 2. The van der Waals surface area contributed by atoms with E-state index in [1.165, 1.54) is 20.9 Å². The molecule has 1 aliphatic heterocycles. The summed E-state index contributed by atoms with van der Waals surface area (Å²) in [4.78, 5) is 11.9. The predicted octanol–water partition coefficient (Wildman–Crippen LogP) is 5.40. The Morgan fingerprint density at radius 2 is 1.55 bits per heavy atom. The molecule has 2 aromatic carbocycles. The zero-order valence-corrected chi connectivity index (χ0v) is 26.5. The Balaban J connectivity index is 1.36. The average molecular weight is 623 g/mol. The fraction of sp³-hybridized carbons (Fsp3) is 0.455. The summed E-state index contributed by atoms with van der Waals surface area (Å²) in [6, 6.07) is 16.8. The highest BCUT2D eigenvalue weighted by Gasteiger charge is 2.17. The molecule has 3 heterocycles. The Kier molecular flexibility index (Phi) is 12.2. The van der Waals surface area contributed by atoms with E-state index >= 15 is 0 Å². The van der Waals surface area contributed by atoms with E-state index < -0.39 is 0 Å². The zero-order valence-electron chi connectivity index (χ0n) is 25.7. The summed E-state index contributed by atoms with van der Waals surface area (Å²) in [5.41, 5.74) is 3.27. The highest BCUT2D eigenvalue weighted by molar-refractivity contribution is 7.15. The smallest absolute Gasteiger partial charge is 0.162 e. The van der Waals surface area contributed by atoms with Crippen LogP contribution in [0, 0.1) is 6.92 Å². The van der Waals surface area contributed by atoms with Crippen LogP contribution in [-0.4, -0.2) is 83.1 Å². The van der Waals surface area contributed by atoms with Gasteiger partial charge in [0.2, 0.25) is 0 Å². The molecule has 4 bridgehead atoms. The number of methoxy groups -OCH3 is 1. The summed E-state index contributed by atoms with van der Waals surface area (Å²) in [5, 5.41) is 8.01. The minimum atomic E-state index is 0.0200. The Hall–Kier alpha value is -3.32. The molecular weight excluding hydrogens is 580 g/mol. The van der Waals surface area contributed by atoms with Gasteiger partial charge in [-0.1, -0.05) is 24.3 Å². The van der Waals surface area contributed by atoms with E-state index in [0.717, 1.165) is 29.8 Å². The van der Waals surface area contributed by atoms with E-state index in [-0.39, 0.29) is 6.04 Å². The highest BCUT2D eigenvalue weighted by atomic mass is 32.1. The number of fused-ring (bicyclic) bond motifs is 5. The van der Waals surface area contributed by atoms with Crippen molar-refractivity contribution >= 4 is 28.1 Å². The quantitative estimate of drug-likeness (QED) is 0.287. The number of nitrogens with one attached hydrogen (secondary N) is 2. The van der Waals surface area contributed by atoms with Crippen LogP contribution >= 0.6 is 11.3 Å². The highest BCUT2D eigenvalue weighted by Crippen LogP contribution is 2.37. The lowest BCUT2D eigenvalue weighted by Crippen LogP contribution is -2.20. The van der Waals surface area contributed by atoms with E-state index in [9.17, 15) is 0 Å². The van der Waals surface area contributed by atoms with Gasteiger partial charge in [0.05, 0.1) is 71.5 Å². The largest absolute Gasteiger partial charge is 0.493 e. The molecule has 4 aromatic rings. The monoisotopic (exact) mass is 622 g/mol. The minimum absolute atomic E-state index is 0.0200. The van der Waals surface area contributed by atoms with Gasteiger partial charge in [-0.15, -0.1) is 11.3 Å². The van der Waals surface area contributed by atoms with Gasteiger partial charge in [-0.2, -0.15) is 0 Å². The first-order chi connectivity index (χ1) is 21.6. The third kappa shape index (κ3) is 8.87. The third-order valence-electron chi connectivity index (χ3n) is 7.12. The van der Waals surface area contributed by atoms with Crippen molar-refractivity contribution in [3.63, 3.8) is 0 Å². The average Bonchev–Trinajstić information content (AvgIpc) is 3.52. The van der Waals surface area contributed by atoms with E-state index in [2.05, 4.69) is 58.9 Å².